The molecule has 6 heteroatoms. The molecule has 0 unspecified atom stereocenters. The molecule has 1 amide bonds. The lowest BCUT2D eigenvalue weighted by molar-refractivity contribution is 0.0784. The number of likely N-dealkylation sites (tertiary alicyclic amines) is 1. The van der Waals surface area contributed by atoms with Crippen molar-refractivity contribution < 1.29 is 4.79 Å². The minimum Gasteiger partial charge on any atom is -0.337 e. The fourth-order valence-electron chi connectivity index (χ4n) is 3.18. The van der Waals surface area contributed by atoms with Gasteiger partial charge in [0.2, 0.25) is 0 Å². The normalized spacial score (nSPS) is 26.0. The Morgan fingerprint density at radius 1 is 1.37 bits per heavy atom. The molecule has 2 fully saturated rings. The van der Waals surface area contributed by atoms with Gasteiger partial charge in [-0.2, -0.15) is 5.10 Å². The Morgan fingerprint density at radius 2 is 2.32 bits per heavy atom. The molecule has 2 aromatic heterocycles. The molecule has 0 aromatic carbocycles. The largest absolute Gasteiger partial charge is 0.337 e. The van der Waals surface area contributed by atoms with E-state index in [0.29, 0.717) is 17.5 Å². The second-order valence-corrected chi connectivity index (χ2v) is 5.28. The van der Waals surface area contributed by atoms with Crippen molar-refractivity contribution >= 4 is 11.4 Å². The fraction of sp³-hybridized carbons (Fsp3) is 0.462. The van der Waals surface area contributed by atoms with Crippen molar-refractivity contribution in [3.63, 3.8) is 0 Å². The highest BCUT2D eigenvalue weighted by atomic mass is 16.2. The van der Waals surface area contributed by atoms with E-state index in [1.807, 2.05) is 4.90 Å². The summed E-state index contributed by atoms with van der Waals surface area (Å²) in [5, 5.41) is 7.66. The van der Waals surface area contributed by atoms with Crippen LogP contribution in [-0.4, -0.2) is 51.1 Å². The summed E-state index contributed by atoms with van der Waals surface area (Å²) in [7, 11) is 0. The molecule has 4 heterocycles. The van der Waals surface area contributed by atoms with Crippen molar-refractivity contribution in [2.75, 3.05) is 19.6 Å². The van der Waals surface area contributed by atoms with Gasteiger partial charge in [0.1, 0.15) is 0 Å². The molecule has 2 saturated heterocycles. The molecule has 4 rings (SSSR count). The Balaban J connectivity index is 1.64. The Labute approximate surface area is 110 Å². The summed E-state index contributed by atoms with van der Waals surface area (Å²) in [5.74, 6) is 0.683. The summed E-state index contributed by atoms with van der Waals surface area (Å²) in [5.41, 5.74) is 1.42. The maximum atomic E-state index is 12.6. The minimum absolute atomic E-state index is 0.0687. The molecule has 2 atom stereocenters. The predicted molar refractivity (Wildman–Crippen MR) is 68.8 cm³/mol. The van der Waals surface area contributed by atoms with Crippen LogP contribution < -0.4 is 5.32 Å². The zero-order chi connectivity index (χ0) is 12.8. The number of amides is 1. The number of carbonyl (C=O) groups excluding carboxylic acids is 1. The highest BCUT2D eigenvalue weighted by Gasteiger charge is 2.38. The van der Waals surface area contributed by atoms with E-state index in [0.717, 1.165) is 25.2 Å². The number of rotatable bonds is 1. The first kappa shape index (κ1) is 10.9. The number of nitrogens with one attached hydrogen (secondary N) is 1. The smallest absolute Gasteiger partial charge is 0.257 e. The molecule has 19 heavy (non-hydrogen) atoms. The summed E-state index contributed by atoms with van der Waals surface area (Å²) in [6.45, 7) is 2.74. The third-order valence-electron chi connectivity index (χ3n) is 4.21. The van der Waals surface area contributed by atoms with Gasteiger partial charge in [-0.15, -0.1) is 0 Å². The third-order valence-corrected chi connectivity index (χ3v) is 4.21. The van der Waals surface area contributed by atoms with Crippen LogP contribution >= 0.6 is 0 Å². The average Bonchev–Trinajstić information content (AvgIpc) is 3.11. The summed E-state index contributed by atoms with van der Waals surface area (Å²) in [6, 6.07) is 0.476. The Bertz CT molecular complexity index is 625. The van der Waals surface area contributed by atoms with Crippen LogP contribution in [0, 0.1) is 5.92 Å². The topological polar surface area (TPSA) is 62.5 Å². The lowest BCUT2D eigenvalue weighted by Crippen LogP contribution is -2.33. The maximum Gasteiger partial charge on any atom is 0.257 e. The fourth-order valence-corrected chi connectivity index (χ4v) is 3.18. The van der Waals surface area contributed by atoms with E-state index in [9.17, 15) is 4.79 Å². The van der Waals surface area contributed by atoms with Crippen molar-refractivity contribution in [2.45, 2.75) is 12.5 Å². The molecule has 2 aliphatic heterocycles. The third kappa shape index (κ3) is 1.63. The summed E-state index contributed by atoms with van der Waals surface area (Å²) >= 11 is 0. The maximum absolute atomic E-state index is 12.6. The van der Waals surface area contributed by atoms with E-state index < -0.39 is 0 Å². The van der Waals surface area contributed by atoms with Gasteiger partial charge in [-0.05, 0) is 18.9 Å². The molecular weight excluding hydrogens is 242 g/mol. The van der Waals surface area contributed by atoms with E-state index in [-0.39, 0.29) is 5.91 Å². The number of hydrogen-bond donors (Lipinski definition) is 1. The zero-order valence-corrected chi connectivity index (χ0v) is 10.5. The first-order valence-electron chi connectivity index (χ1n) is 6.63. The van der Waals surface area contributed by atoms with E-state index in [4.69, 9.17) is 0 Å². The van der Waals surface area contributed by atoms with Crippen LogP contribution in [-0.2, 0) is 0 Å². The van der Waals surface area contributed by atoms with Gasteiger partial charge in [0.15, 0.2) is 0 Å². The van der Waals surface area contributed by atoms with Crippen LogP contribution in [0.2, 0.25) is 0 Å². The van der Waals surface area contributed by atoms with Crippen LogP contribution in [0.15, 0.2) is 24.8 Å². The van der Waals surface area contributed by atoms with Crippen molar-refractivity contribution in [2.24, 2.45) is 5.92 Å². The van der Waals surface area contributed by atoms with E-state index in [1.165, 1.54) is 6.42 Å². The number of fused-ring (bicyclic) bond motifs is 2. The lowest BCUT2D eigenvalue weighted by atomic mass is 10.1. The molecule has 1 N–H and O–H groups in total. The zero-order valence-electron chi connectivity index (χ0n) is 10.5. The molecular formula is C13H15N5O. The first-order chi connectivity index (χ1) is 9.33. The molecule has 6 nitrogen and oxygen atoms in total. The quantitative estimate of drug-likeness (QED) is 0.790. The van der Waals surface area contributed by atoms with Gasteiger partial charge in [-0.1, -0.05) is 0 Å². The monoisotopic (exact) mass is 257 g/mol. The molecule has 2 aromatic rings. The van der Waals surface area contributed by atoms with Gasteiger partial charge in [-0.25, -0.2) is 4.52 Å². The summed E-state index contributed by atoms with van der Waals surface area (Å²) in [4.78, 5) is 18.6. The number of nitrogens with zero attached hydrogens (tertiary/aromatic N) is 4. The number of aromatic nitrogens is 3. The molecule has 98 valence electrons. The van der Waals surface area contributed by atoms with Crippen molar-refractivity contribution in [1.29, 1.82) is 0 Å². The van der Waals surface area contributed by atoms with E-state index in [2.05, 4.69) is 15.4 Å². The van der Waals surface area contributed by atoms with Crippen LogP contribution in [0.1, 0.15) is 16.8 Å². The van der Waals surface area contributed by atoms with E-state index in [1.54, 1.807) is 29.3 Å². The van der Waals surface area contributed by atoms with E-state index >= 15 is 0 Å². The summed E-state index contributed by atoms with van der Waals surface area (Å²) < 4.78 is 1.69. The van der Waals surface area contributed by atoms with Crippen LogP contribution in [0.3, 0.4) is 0 Å². The van der Waals surface area contributed by atoms with Gasteiger partial charge in [0, 0.05) is 31.5 Å². The van der Waals surface area contributed by atoms with Gasteiger partial charge in [-0.3, -0.25) is 9.78 Å². The molecule has 0 aliphatic carbocycles. The summed E-state index contributed by atoms with van der Waals surface area (Å²) in [6.07, 6.45) is 7.92. The van der Waals surface area contributed by atoms with Crippen molar-refractivity contribution in [1.82, 2.24) is 24.8 Å². The SMILES string of the molecule is O=C(c1cnn2ccncc12)N1C[C@@H]2CCN[C@@H]2C1. The Kier molecular flexibility index (Phi) is 2.32. The highest BCUT2D eigenvalue weighted by molar-refractivity contribution is 6.00. The standard InChI is InChI=1S/C13H15N5O/c19-13(17-7-9-1-2-15-11(9)8-17)10-5-16-18-4-3-14-6-12(10)18/h3-6,9,11,15H,1-2,7-8H2/t9-,11+/m0/s1. The highest BCUT2D eigenvalue weighted by Crippen LogP contribution is 2.26. The van der Waals surface area contributed by atoms with Gasteiger partial charge < -0.3 is 10.2 Å². The second-order valence-electron chi connectivity index (χ2n) is 5.28. The molecule has 0 spiro atoms. The van der Waals surface area contributed by atoms with Gasteiger partial charge >= 0.3 is 0 Å². The Morgan fingerprint density at radius 3 is 3.21 bits per heavy atom. The first-order valence-corrected chi connectivity index (χ1v) is 6.63. The average molecular weight is 257 g/mol. The van der Waals surface area contributed by atoms with Crippen molar-refractivity contribution in [3.05, 3.63) is 30.4 Å². The number of carbonyl (C=O) groups is 1. The lowest BCUT2D eigenvalue weighted by Gasteiger charge is -2.16. The van der Waals surface area contributed by atoms with Crippen LogP contribution in [0.25, 0.3) is 5.52 Å². The second kappa shape index (κ2) is 4.03. The van der Waals surface area contributed by atoms with Gasteiger partial charge in [0.25, 0.3) is 5.91 Å². The predicted octanol–water partition coefficient (Wildman–Crippen LogP) is 0.163. The Hall–Kier alpha value is -1.95. The molecule has 2 aliphatic rings. The molecule has 0 bridgehead atoms. The van der Waals surface area contributed by atoms with Gasteiger partial charge in [0.05, 0.1) is 23.5 Å². The molecule has 0 saturated carbocycles. The number of hydrogen-bond acceptors (Lipinski definition) is 4. The molecule has 0 radical (unpaired) electrons. The van der Waals surface area contributed by atoms with Crippen LogP contribution in [0.4, 0.5) is 0 Å². The minimum atomic E-state index is 0.0687. The van der Waals surface area contributed by atoms with Crippen LogP contribution in [0.5, 0.6) is 0 Å². The van der Waals surface area contributed by atoms with Crippen molar-refractivity contribution in [3.8, 4) is 0 Å².